The minimum Gasteiger partial charge on any atom is -0.414 e. The molecule has 22 heavy (non-hydrogen) atoms. The van der Waals surface area contributed by atoms with Gasteiger partial charge in [-0.3, -0.25) is 0 Å². The zero-order valence-electron chi connectivity index (χ0n) is 14.4. The maximum Gasteiger partial charge on any atom is 0.192 e. The summed E-state index contributed by atoms with van der Waals surface area (Å²) >= 11 is 3.41. The first-order valence-corrected chi connectivity index (χ1v) is 11.2. The van der Waals surface area contributed by atoms with Crippen molar-refractivity contribution in [2.24, 2.45) is 0 Å². The molecule has 2 nitrogen and oxygen atoms in total. The summed E-state index contributed by atoms with van der Waals surface area (Å²) in [5.41, 5.74) is 5.00. The van der Waals surface area contributed by atoms with Crippen molar-refractivity contribution in [1.82, 2.24) is 0 Å². The van der Waals surface area contributed by atoms with E-state index in [9.17, 15) is 5.11 Å². The molecule has 0 spiro atoms. The number of hydrogen-bond donors (Lipinski definition) is 1. The molecule has 1 aromatic carbocycles. The van der Waals surface area contributed by atoms with E-state index in [-0.39, 0.29) is 5.04 Å². The van der Waals surface area contributed by atoms with Crippen molar-refractivity contribution in [3.8, 4) is 0 Å². The van der Waals surface area contributed by atoms with E-state index in [4.69, 9.17) is 4.43 Å². The van der Waals surface area contributed by atoms with E-state index in [2.05, 4.69) is 55.5 Å². The molecule has 1 aromatic rings. The number of aliphatic hydroxyl groups is 1. The molecule has 0 aliphatic carbocycles. The van der Waals surface area contributed by atoms with E-state index in [1.54, 1.807) is 0 Å². The first-order valence-electron chi connectivity index (χ1n) is 7.54. The van der Waals surface area contributed by atoms with Crippen molar-refractivity contribution in [3.05, 3.63) is 45.6 Å². The summed E-state index contributed by atoms with van der Waals surface area (Å²) in [6.45, 7) is 13.2. The standard InChI is InChI=1S/C18H27BrO2Si/c1-14(7-8-15-9-11-16(19)12-10-15)17(20)13-21-22(5,6)18(2,3)4/h8-12,17,20H,13H2,1-6H3/t7?,17-/m1/s1. The second kappa shape index (κ2) is 7.76. The Morgan fingerprint density at radius 2 is 1.86 bits per heavy atom. The molecular formula is C18H27BrO2Si. The van der Waals surface area contributed by atoms with Gasteiger partial charge in [-0.05, 0) is 54.4 Å². The highest BCUT2D eigenvalue weighted by Crippen LogP contribution is 2.36. The molecule has 122 valence electrons. The molecule has 1 atom stereocenters. The fourth-order valence-corrected chi connectivity index (χ4v) is 2.75. The zero-order chi connectivity index (χ0) is 17.0. The van der Waals surface area contributed by atoms with Gasteiger partial charge in [0.15, 0.2) is 8.32 Å². The first-order chi connectivity index (χ1) is 10.0. The molecule has 4 heteroatoms. The van der Waals surface area contributed by atoms with Crippen LogP contribution in [0, 0.1) is 0 Å². The van der Waals surface area contributed by atoms with Gasteiger partial charge in [-0.2, -0.15) is 0 Å². The predicted molar refractivity (Wildman–Crippen MR) is 100 cm³/mol. The van der Waals surface area contributed by atoms with E-state index in [0.717, 1.165) is 15.6 Å². The molecule has 1 N–H and O–H groups in total. The first kappa shape index (κ1) is 19.4. The normalized spacial score (nSPS) is 13.5. The Kier molecular flexibility index (Phi) is 6.84. The summed E-state index contributed by atoms with van der Waals surface area (Å²) < 4.78 is 7.10. The third-order valence-electron chi connectivity index (χ3n) is 4.24. The summed E-state index contributed by atoms with van der Waals surface area (Å²) in [7, 11) is -1.82. The molecule has 1 rings (SSSR count). The van der Waals surface area contributed by atoms with Crippen molar-refractivity contribution in [2.45, 2.75) is 51.9 Å². The van der Waals surface area contributed by atoms with E-state index in [0.29, 0.717) is 6.61 Å². The van der Waals surface area contributed by atoms with Crippen molar-refractivity contribution in [1.29, 1.82) is 0 Å². The van der Waals surface area contributed by atoms with E-state index >= 15 is 0 Å². The Bertz CT molecular complexity index is 549. The maximum absolute atomic E-state index is 10.2. The highest BCUT2D eigenvalue weighted by Gasteiger charge is 2.37. The Morgan fingerprint density at radius 1 is 1.32 bits per heavy atom. The molecule has 0 fully saturated rings. The largest absolute Gasteiger partial charge is 0.414 e. The molecule has 0 heterocycles. The van der Waals surface area contributed by atoms with Gasteiger partial charge in [0.25, 0.3) is 0 Å². The summed E-state index contributed by atoms with van der Waals surface area (Å²) in [6, 6.07) is 7.98. The van der Waals surface area contributed by atoms with E-state index in [1.807, 2.05) is 37.3 Å². The molecule has 0 aliphatic heterocycles. The number of halogens is 1. The van der Waals surface area contributed by atoms with Crippen LogP contribution in [-0.2, 0) is 4.43 Å². The van der Waals surface area contributed by atoms with E-state index in [1.165, 1.54) is 0 Å². The lowest BCUT2D eigenvalue weighted by molar-refractivity contribution is 0.127. The second-order valence-electron chi connectivity index (χ2n) is 7.11. The van der Waals surface area contributed by atoms with Crippen LogP contribution in [0.25, 0.3) is 6.08 Å². The Balaban J connectivity index is 2.70. The number of hydrogen-bond acceptors (Lipinski definition) is 2. The zero-order valence-corrected chi connectivity index (χ0v) is 17.0. The van der Waals surface area contributed by atoms with Crippen LogP contribution in [0.4, 0.5) is 0 Å². The minimum atomic E-state index is -1.82. The average Bonchev–Trinajstić information content (AvgIpc) is 2.42. The third-order valence-corrected chi connectivity index (χ3v) is 9.27. The predicted octanol–water partition coefficient (Wildman–Crippen LogP) is 5.39. The van der Waals surface area contributed by atoms with Crippen molar-refractivity contribution in [2.75, 3.05) is 6.61 Å². The van der Waals surface area contributed by atoms with Gasteiger partial charge in [0, 0.05) is 4.47 Å². The highest BCUT2D eigenvalue weighted by atomic mass is 79.9. The van der Waals surface area contributed by atoms with Gasteiger partial charge in [-0.25, -0.2) is 0 Å². The van der Waals surface area contributed by atoms with Gasteiger partial charge in [-0.1, -0.05) is 48.8 Å². The second-order valence-corrected chi connectivity index (χ2v) is 12.8. The van der Waals surface area contributed by atoms with Crippen LogP contribution in [0.1, 0.15) is 33.3 Å². The molecule has 0 aliphatic rings. The van der Waals surface area contributed by atoms with Gasteiger partial charge < -0.3 is 9.53 Å². The van der Waals surface area contributed by atoms with Crippen LogP contribution in [-0.4, -0.2) is 26.1 Å². The Labute approximate surface area is 144 Å². The van der Waals surface area contributed by atoms with Crippen LogP contribution in [0.5, 0.6) is 0 Å². The smallest absolute Gasteiger partial charge is 0.192 e. The summed E-state index contributed by atoms with van der Waals surface area (Å²) in [5.74, 6) is 0. The molecule has 0 saturated carbocycles. The lowest BCUT2D eigenvalue weighted by Gasteiger charge is -2.36. The number of rotatable bonds is 5. The van der Waals surface area contributed by atoms with Crippen LogP contribution in [0.2, 0.25) is 18.1 Å². The van der Waals surface area contributed by atoms with Crippen molar-refractivity contribution < 1.29 is 9.53 Å². The summed E-state index contributed by atoms with van der Waals surface area (Å²) in [6.07, 6.45) is 1.28. The summed E-state index contributed by atoms with van der Waals surface area (Å²) in [4.78, 5) is 0. The lowest BCUT2D eigenvalue weighted by Crippen LogP contribution is -2.42. The molecule has 0 saturated heterocycles. The SMILES string of the molecule is CC(=C=Cc1ccc(Br)cc1)[C@H](O)CO[Si](C)(C)C(C)(C)C. The minimum absolute atomic E-state index is 0.150. The van der Waals surface area contributed by atoms with Crippen LogP contribution >= 0.6 is 15.9 Å². The lowest BCUT2D eigenvalue weighted by atomic mass is 10.1. The van der Waals surface area contributed by atoms with Crippen LogP contribution in [0.3, 0.4) is 0 Å². The molecule has 0 radical (unpaired) electrons. The fraction of sp³-hybridized carbons (Fsp3) is 0.500. The topological polar surface area (TPSA) is 29.5 Å². The van der Waals surface area contributed by atoms with Gasteiger partial charge in [0.2, 0.25) is 0 Å². The van der Waals surface area contributed by atoms with Crippen LogP contribution < -0.4 is 0 Å². The Morgan fingerprint density at radius 3 is 2.36 bits per heavy atom. The molecular weight excluding hydrogens is 356 g/mol. The summed E-state index contributed by atoms with van der Waals surface area (Å²) in [5, 5.41) is 10.4. The Hall–Kier alpha value is -0.643. The molecule has 0 amide bonds. The number of benzene rings is 1. The van der Waals surface area contributed by atoms with Crippen molar-refractivity contribution >= 4 is 30.3 Å². The van der Waals surface area contributed by atoms with Crippen molar-refractivity contribution in [3.63, 3.8) is 0 Å². The average molecular weight is 383 g/mol. The van der Waals surface area contributed by atoms with Gasteiger partial charge >= 0.3 is 0 Å². The quantitative estimate of drug-likeness (QED) is 0.546. The van der Waals surface area contributed by atoms with Crippen LogP contribution in [0.15, 0.2) is 40.0 Å². The van der Waals surface area contributed by atoms with Gasteiger partial charge in [0.05, 0.1) is 6.61 Å². The van der Waals surface area contributed by atoms with Gasteiger partial charge in [0.1, 0.15) is 6.10 Å². The highest BCUT2D eigenvalue weighted by molar-refractivity contribution is 9.10. The van der Waals surface area contributed by atoms with Gasteiger partial charge in [-0.15, -0.1) is 5.73 Å². The molecule has 0 unspecified atom stereocenters. The third kappa shape index (κ3) is 5.86. The monoisotopic (exact) mass is 382 g/mol. The molecule has 0 bridgehead atoms. The number of aliphatic hydroxyl groups excluding tert-OH is 1. The van der Waals surface area contributed by atoms with E-state index < -0.39 is 14.4 Å². The fourth-order valence-electron chi connectivity index (χ4n) is 1.48. The maximum atomic E-state index is 10.2. The molecule has 0 aromatic heterocycles.